The van der Waals surface area contributed by atoms with Crippen molar-refractivity contribution in [3.05, 3.63) is 164 Å². The number of nitrogens with zero attached hydrogens (tertiary/aromatic N) is 1. The highest BCUT2D eigenvalue weighted by Gasteiger charge is 2.26. The molecule has 1 heterocycles. The Bertz CT molecular complexity index is 2640. The molecule has 0 bridgehead atoms. The Labute approximate surface area is 261 Å². The van der Waals surface area contributed by atoms with Gasteiger partial charge in [-0.2, -0.15) is 0 Å². The molecule has 208 valence electrons. The highest BCUT2D eigenvalue weighted by atomic mass is 15.0. The van der Waals surface area contributed by atoms with Gasteiger partial charge in [-0.25, -0.2) is 0 Å². The topological polar surface area (TPSA) is 4.93 Å². The van der Waals surface area contributed by atoms with Crippen molar-refractivity contribution in [3.63, 3.8) is 0 Å². The first-order valence-corrected chi connectivity index (χ1v) is 15.6. The molecule has 0 radical (unpaired) electrons. The summed E-state index contributed by atoms with van der Waals surface area (Å²) in [5, 5.41) is 7.82. The van der Waals surface area contributed by atoms with Crippen LogP contribution < -0.4 is 0 Å². The first kappa shape index (κ1) is 24.5. The third kappa shape index (κ3) is 3.50. The van der Waals surface area contributed by atoms with Crippen LogP contribution in [0.3, 0.4) is 0 Å². The van der Waals surface area contributed by atoms with Gasteiger partial charge in [-0.1, -0.05) is 140 Å². The summed E-state index contributed by atoms with van der Waals surface area (Å²) in [6.07, 6.45) is 0. The predicted octanol–water partition coefficient (Wildman–Crippen LogP) is 12.1. The van der Waals surface area contributed by atoms with Crippen molar-refractivity contribution >= 4 is 43.4 Å². The Balaban J connectivity index is 1.30. The van der Waals surface area contributed by atoms with Crippen LogP contribution in [0.1, 0.15) is 0 Å². The van der Waals surface area contributed by atoms with Gasteiger partial charge >= 0.3 is 0 Å². The smallest absolute Gasteiger partial charge is 0.0619 e. The summed E-state index contributed by atoms with van der Waals surface area (Å²) >= 11 is 0. The van der Waals surface area contributed by atoms with E-state index in [2.05, 4.69) is 168 Å². The highest BCUT2D eigenvalue weighted by Crippen LogP contribution is 2.51. The molecule has 1 aliphatic rings. The molecule has 0 saturated carbocycles. The van der Waals surface area contributed by atoms with Gasteiger partial charge in [0.2, 0.25) is 0 Å². The van der Waals surface area contributed by atoms with Gasteiger partial charge in [0.25, 0.3) is 0 Å². The van der Waals surface area contributed by atoms with Crippen molar-refractivity contribution in [1.82, 2.24) is 4.57 Å². The third-order valence-electron chi connectivity index (χ3n) is 9.69. The average molecular weight is 570 g/mol. The second-order valence-corrected chi connectivity index (χ2v) is 12.1. The second kappa shape index (κ2) is 9.29. The lowest BCUT2D eigenvalue weighted by Gasteiger charge is -2.13. The number of fused-ring (bicyclic) bond motifs is 9. The van der Waals surface area contributed by atoms with Crippen LogP contribution in [0.4, 0.5) is 0 Å². The SMILES string of the molecule is c1ccc(-c2cccc(-c3cccc(-n4c5cc6c7c(cccc7c5c5ccc7ccccc7c54)-c4ccccc4-6)c3)c2)cc1. The zero-order chi connectivity index (χ0) is 29.5. The van der Waals surface area contributed by atoms with Crippen LogP contribution in [0.2, 0.25) is 0 Å². The van der Waals surface area contributed by atoms with E-state index in [1.165, 1.54) is 93.5 Å². The van der Waals surface area contributed by atoms with E-state index in [0.717, 1.165) is 0 Å². The molecule has 0 spiro atoms. The molecule has 1 heteroatoms. The van der Waals surface area contributed by atoms with E-state index in [4.69, 9.17) is 0 Å². The van der Waals surface area contributed by atoms with Crippen LogP contribution >= 0.6 is 0 Å². The minimum absolute atomic E-state index is 1.17. The Morgan fingerprint density at radius 3 is 1.82 bits per heavy atom. The molecule has 9 aromatic rings. The summed E-state index contributed by atoms with van der Waals surface area (Å²) in [6, 6.07) is 60.1. The number of benzene rings is 8. The molecule has 0 unspecified atom stereocenters. The maximum atomic E-state index is 2.51. The molecule has 0 atom stereocenters. The molecule has 1 nitrogen and oxygen atoms in total. The maximum Gasteiger partial charge on any atom is 0.0619 e. The lowest BCUT2D eigenvalue weighted by atomic mass is 9.97. The lowest BCUT2D eigenvalue weighted by molar-refractivity contribution is 1.19. The Hall–Kier alpha value is -5.92. The molecule has 45 heavy (non-hydrogen) atoms. The second-order valence-electron chi connectivity index (χ2n) is 12.1. The molecule has 0 saturated heterocycles. The fourth-order valence-corrected chi connectivity index (χ4v) is 7.74. The molecule has 0 N–H and O–H groups in total. The molecule has 8 aromatic carbocycles. The van der Waals surface area contributed by atoms with Crippen LogP contribution in [0.5, 0.6) is 0 Å². The number of hydrogen-bond acceptors (Lipinski definition) is 0. The Kier molecular flexibility index (Phi) is 5.06. The van der Waals surface area contributed by atoms with Crippen molar-refractivity contribution < 1.29 is 0 Å². The minimum atomic E-state index is 1.17. The molecule has 1 aromatic heterocycles. The first-order valence-electron chi connectivity index (χ1n) is 15.6. The van der Waals surface area contributed by atoms with Gasteiger partial charge in [0, 0.05) is 21.8 Å². The summed E-state index contributed by atoms with van der Waals surface area (Å²) in [6.45, 7) is 0. The van der Waals surface area contributed by atoms with E-state index >= 15 is 0 Å². The fourth-order valence-electron chi connectivity index (χ4n) is 7.74. The van der Waals surface area contributed by atoms with E-state index < -0.39 is 0 Å². The summed E-state index contributed by atoms with van der Waals surface area (Å²) in [5.74, 6) is 0. The van der Waals surface area contributed by atoms with E-state index in [0.29, 0.717) is 0 Å². The molecular formula is C44H27N. The van der Waals surface area contributed by atoms with E-state index in [9.17, 15) is 0 Å². The normalized spacial score (nSPS) is 12.0. The summed E-state index contributed by atoms with van der Waals surface area (Å²) < 4.78 is 2.51. The van der Waals surface area contributed by atoms with E-state index in [1.807, 2.05) is 0 Å². The van der Waals surface area contributed by atoms with E-state index in [1.54, 1.807) is 0 Å². The molecule has 0 aliphatic heterocycles. The average Bonchev–Trinajstić information content (AvgIpc) is 3.63. The largest absolute Gasteiger partial charge is 0.309 e. The first-order chi connectivity index (χ1) is 22.3. The number of rotatable bonds is 3. The van der Waals surface area contributed by atoms with Gasteiger partial charge in [-0.15, -0.1) is 0 Å². The van der Waals surface area contributed by atoms with Crippen LogP contribution in [-0.2, 0) is 0 Å². The Morgan fingerprint density at radius 2 is 0.956 bits per heavy atom. The lowest BCUT2D eigenvalue weighted by Crippen LogP contribution is -1.95. The maximum absolute atomic E-state index is 2.51. The summed E-state index contributed by atoms with van der Waals surface area (Å²) in [7, 11) is 0. The quantitative estimate of drug-likeness (QED) is 0.199. The van der Waals surface area contributed by atoms with Crippen LogP contribution in [-0.4, -0.2) is 4.57 Å². The standard InChI is InChI=1S/C44H27N/c1-2-11-28(12-3-1)30-14-8-15-31(25-30)32-16-9-17-33(26-32)45-41-27-40-36-20-7-6-19-35(36)37-21-10-22-38(42(37)40)43(41)39-24-23-29-13-4-5-18-34(29)44(39)45/h1-27H. The zero-order valence-electron chi connectivity index (χ0n) is 24.5. The van der Waals surface area contributed by atoms with Crippen molar-refractivity contribution in [1.29, 1.82) is 0 Å². The molecule has 0 fully saturated rings. The number of hydrogen-bond donors (Lipinski definition) is 0. The van der Waals surface area contributed by atoms with Crippen molar-refractivity contribution in [2.45, 2.75) is 0 Å². The van der Waals surface area contributed by atoms with E-state index in [-0.39, 0.29) is 0 Å². The molecule has 10 rings (SSSR count). The van der Waals surface area contributed by atoms with Crippen LogP contribution in [0.25, 0.3) is 93.5 Å². The highest BCUT2D eigenvalue weighted by molar-refractivity contribution is 6.31. The third-order valence-corrected chi connectivity index (χ3v) is 9.69. The van der Waals surface area contributed by atoms with Gasteiger partial charge in [0.15, 0.2) is 0 Å². The number of aromatic nitrogens is 1. The summed E-state index contributed by atoms with van der Waals surface area (Å²) in [5.41, 5.74) is 13.9. The van der Waals surface area contributed by atoms with Crippen LogP contribution in [0.15, 0.2) is 164 Å². The zero-order valence-corrected chi connectivity index (χ0v) is 24.5. The molecular weight excluding hydrogens is 542 g/mol. The van der Waals surface area contributed by atoms with Crippen LogP contribution in [0, 0.1) is 0 Å². The van der Waals surface area contributed by atoms with Crippen molar-refractivity contribution in [2.75, 3.05) is 0 Å². The van der Waals surface area contributed by atoms with Gasteiger partial charge in [-0.3, -0.25) is 0 Å². The van der Waals surface area contributed by atoms with Gasteiger partial charge in [0.05, 0.1) is 11.0 Å². The monoisotopic (exact) mass is 569 g/mol. The van der Waals surface area contributed by atoms with Crippen molar-refractivity contribution in [2.24, 2.45) is 0 Å². The Morgan fingerprint density at radius 1 is 0.333 bits per heavy atom. The van der Waals surface area contributed by atoms with Gasteiger partial charge < -0.3 is 4.57 Å². The van der Waals surface area contributed by atoms with Crippen molar-refractivity contribution in [3.8, 4) is 50.2 Å². The fraction of sp³-hybridized carbons (Fsp3) is 0. The molecule has 1 aliphatic carbocycles. The van der Waals surface area contributed by atoms with Gasteiger partial charge in [0.1, 0.15) is 0 Å². The molecule has 0 amide bonds. The predicted molar refractivity (Wildman–Crippen MR) is 191 cm³/mol. The summed E-state index contributed by atoms with van der Waals surface area (Å²) in [4.78, 5) is 0. The minimum Gasteiger partial charge on any atom is -0.309 e. The van der Waals surface area contributed by atoms with Gasteiger partial charge in [-0.05, 0) is 84.9 Å².